The maximum absolute atomic E-state index is 12.8. The first-order valence-electron chi connectivity index (χ1n) is 10.0. The molecule has 0 bridgehead atoms. The highest BCUT2D eigenvalue weighted by atomic mass is 32.2. The number of halogens is 3. The summed E-state index contributed by atoms with van der Waals surface area (Å²) in [4.78, 5) is 29.3. The fourth-order valence-electron chi connectivity index (χ4n) is 3.60. The van der Waals surface area contributed by atoms with E-state index in [4.69, 9.17) is 0 Å². The van der Waals surface area contributed by atoms with E-state index in [0.29, 0.717) is 38.8 Å². The summed E-state index contributed by atoms with van der Waals surface area (Å²) in [5, 5.41) is 0. The Balaban J connectivity index is 1.48. The summed E-state index contributed by atoms with van der Waals surface area (Å²) in [5.41, 5.74) is -1.08. The number of amides is 2. The zero-order valence-electron chi connectivity index (χ0n) is 16.9. The predicted molar refractivity (Wildman–Crippen MR) is 105 cm³/mol. The van der Waals surface area contributed by atoms with Gasteiger partial charge in [-0.25, -0.2) is 13.1 Å². The number of sulfonamides is 1. The van der Waals surface area contributed by atoms with E-state index in [2.05, 4.69) is 4.72 Å². The maximum atomic E-state index is 12.8. The van der Waals surface area contributed by atoms with Gasteiger partial charge in [0.15, 0.2) is 0 Å². The topological polar surface area (TPSA) is 90.0 Å². The van der Waals surface area contributed by atoms with Crippen molar-refractivity contribution in [3.05, 3.63) is 29.8 Å². The second-order valence-corrected chi connectivity index (χ2v) is 9.36. The molecule has 8 nitrogen and oxygen atoms in total. The van der Waals surface area contributed by atoms with Crippen molar-refractivity contribution in [1.29, 1.82) is 0 Å². The number of likely N-dealkylation sites (tertiary alicyclic amines) is 1. The average molecular weight is 462 g/mol. The van der Waals surface area contributed by atoms with Gasteiger partial charge in [0.05, 0.1) is 23.5 Å². The molecule has 2 amide bonds. The molecule has 0 aromatic heterocycles. The normalized spacial score (nSPS) is 18.4. The lowest BCUT2D eigenvalue weighted by Gasteiger charge is -2.35. The van der Waals surface area contributed by atoms with Gasteiger partial charge in [0, 0.05) is 39.3 Å². The lowest BCUT2D eigenvalue weighted by molar-refractivity contribution is -0.138. The molecule has 0 saturated carbocycles. The van der Waals surface area contributed by atoms with E-state index in [1.54, 1.807) is 0 Å². The van der Waals surface area contributed by atoms with E-state index < -0.39 is 39.1 Å². The number of nitrogens with one attached hydrogen (secondary N) is 1. The summed E-state index contributed by atoms with van der Waals surface area (Å²) in [5.74, 6) is -0.396. The molecule has 0 atom stereocenters. The number of carbonyl (C=O) groups is 2. The summed E-state index contributed by atoms with van der Waals surface area (Å²) < 4.78 is 65.1. The third-order valence-corrected chi connectivity index (χ3v) is 6.83. The maximum Gasteiger partial charge on any atom is 0.416 e. The molecule has 31 heavy (non-hydrogen) atoms. The molecular weight excluding hydrogens is 437 g/mol. The van der Waals surface area contributed by atoms with Crippen molar-refractivity contribution >= 4 is 21.8 Å². The molecule has 3 rings (SSSR count). The largest absolute Gasteiger partial charge is 0.416 e. The first-order valence-corrected chi connectivity index (χ1v) is 11.5. The molecule has 2 saturated heterocycles. The van der Waals surface area contributed by atoms with E-state index in [9.17, 15) is 31.2 Å². The summed E-state index contributed by atoms with van der Waals surface area (Å²) in [6.07, 6.45) is -2.63. The minimum atomic E-state index is -4.67. The lowest BCUT2D eigenvalue weighted by Crippen LogP contribution is -2.53. The van der Waals surface area contributed by atoms with Crippen LogP contribution < -0.4 is 4.72 Å². The first kappa shape index (κ1) is 23.5. The number of carbonyl (C=O) groups excluding carboxylic acids is 2. The molecule has 2 aliphatic heterocycles. The van der Waals surface area contributed by atoms with Crippen molar-refractivity contribution in [3.8, 4) is 0 Å². The molecule has 12 heteroatoms. The van der Waals surface area contributed by atoms with Crippen LogP contribution in [0.5, 0.6) is 0 Å². The smallest absolute Gasteiger partial charge is 0.342 e. The van der Waals surface area contributed by atoms with Crippen molar-refractivity contribution < 1.29 is 31.2 Å². The molecule has 2 aliphatic rings. The number of alkyl halides is 3. The minimum absolute atomic E-state index is 0.0751. The molecule has 1 aromatic rings. The van der Waals surface area contributed by atoms with Crippen LogP contribution in [0.3, 0.4) is 0 Å². The van der Waals surface area contributed by atoms with Crippen LogP contribution in [-0.4, -0.2) is 87.3 Å². The minimum Gasteiger partial charge on any atom is -0.342 e. The predicted octanol–water partition coefficient (Wildman–Crippen LogP) is 0.750. The zero-order valence-corrected chi connectivity index (χ0v) is 17.7. The van der Waals surface area contributed by atoms with E-state index in [0.717, 1.165) is 44.1 Å². The molecule has 0 aliphatic carbocycles. The van der Waals surface area contributed by atoms with Crippen molar-refractivity contribution in [2.24, 2.45) is 0 Å². The van der Waals surface area contributed by atoms with E-state index in [1.807, 2.05) is 9.80 Å². The van der Waals surface area contributed by atoms with Gasteiger partial charge in [0.25, 0.3) is 0 Å². The molecule has 1 aromatic carbocycles. The second-order valence-electron chi connectivity index (χ2n) is 7.59. The van der Waals surface area contributed by atoms with Crippen LogP contribution in [0, 0.1) is 0 Å². The van der Waals surface area contributed by atoms with E-state index in [-0.39, 0.29) is 5.91 Å². The molecule has 2 heterocycles. The summed E-state index contributed by atoms with van der Waals surface area (Å²) in [6, 6.07) is 3.35. The number of nitrogens with zero attached hydrogens (tertiary/aromatic N) is 3. The number of benzene rings is 1. The van der Waals surface area contributed by atoms with Gasteiger partial charge in [-0.1, -0.05) is 6.07 Å². The van der Waals surface area contributed by atoms with Crippen LogP contribution >= 0.6 is 0 Å². The lowest BCUT2D eigenvalue weighted by atomic mass is 10.2. The van der Waals surface area contributed by atoms with Crippen molar-refractivity contribution in [3.63, 3.8) is 0 Å². The van der Waals surface area contributed by atoms with Gasteiger partial charge in [-0.2, -0.15) is 13.2 Å². The fraction of sp³-hybridized carbons (Fsp3) is 0.579. The standard InChI is InChI=1S/C19H25F3N4O4S/c20-19(21,22)15-4-3-5-16(12-15)31(29,30)23-13-17(27)26-10-8-24(9-11-26)14-18(28)25-6-1-2-7-25/h3-5,12,23H,1-2,6-11,13-14H2. The Morgan fingerprint density at radius 1 is 0.935 bits per heavy atom. The molecule has 0 radical (unpaired) electrons. The Hall–Kier alpha value is -2.18. The zero-order chi connectivity index (χ0) is 22.6. The van der Waals surface area contributed by atoms with Crippen LogP contribution in [0.4, 0.5) is 13.2 Å². The third kappa shape index (κ3) is 6.17. The van der Waals surface area contributed by atoms with Crippen molar-refractivity contribution in [1.82, 2.24) is 19.4 Å². The van der Waals surface area contributed by atoms with Crippen molar-refractivity contribution in [2.45, 2.75) is 23.9 Å². The highest BCUT2D eigenvalue weighted by molar-refractivity contribution is 7.89. The van der Waals surface area contributed by atoms with Gasteiger partial charge in [-0.15, -0.1) is 0 Å². The molecule has 0 unspecified atom stereocenters. The number of rotatable bonds is 6. The SMILES string of the molecule is O=C(CNS(=O)(=O)c1cccc(C(F)(F)F)c1)N1CCN(CC(=O)N2CCCC2)CC1. The first-order chi connectivity index (χ1) is 14.6. The van der Waals surface area contributed by atoms with Crippen LogP contribution in [-0.2, 0) is 25.8 Å². The second kappa shape index (κ2) is 9.53. The highest BCUT2D eigenvalue weighted by Gasteiger charge is 2.32. The number of hydrogen-bond acceptors (Lipinski definition) is 5. The van der Waals surface area contributed by atoms with Gasteiger partial charge < -0.3 is 9.80 Å². The Bertz CT molecular complexity index is 909. The molecule has 1 N–H and O–H groups in total. The van der Waals surface area contributed by atoms with Crippen LogP contribution in [0.15, 0.2) is 29.2 Å². The highest BCUT2D eigenvalue weighted by Crippen LogP contribution is 2.30. The van der Waals surface area contributed by atoms with Crippen LogP contribution in [0.1, 0.15) is 18.4 Å². The summed E-state index contributed by atoms with van der Waals surface area (Å²) in [6.45, 7) is 2.98. The molecule has 2 fully saturated rings. The van der Waals surface area contributed by atoms with Crippen LogP contribution in [0.2, 0.25) is 0 Å². The Labute approximate surface area is 179 Å². The van der Waals surface area contributed by atoms with Gasteiger partial charge in [-0.3, -0.25) is 14.5 Å². The number of piperazine rings is 1. The summed E-state index contributed by atoms with van der Waals surface area (Å²) in [7, 11) is -4.27. The monoisotopic (exact) mass is 462 g/mol. The molecular formula is C19H25F3N4O4S. The molecule has 0 spiro atoms. The van der Waals surface area contributed by atoms with Crippen LogP contribution in [0.25, 0.3) is 0 Å². The number of hydrogen-bond donors (Lipinski definition) is 1. The van der Waals surface area contributed by atoms with E-state index in [1.165, 1.54) is 4.90 Å². The Morgan fingerprint density at radius 3 is 2.16 bits per heavy atom. The van der Waals surface area contributed by atoms with Gasteiger partial charge >= 0.3 is 6.18 Å². The Kier molecular flexibility index (Phi) is 7.22. The van der Waals surface area contributed by atoms with E-state index >= 15 is 0 Å². The molecule has 172 valence electrons. The van der Waals surface area contributed by atoms with Gasteiger partial charge in [0.2, 0.25) is 21.8 Å². The van der Waals surface area contributed by atoms with Gasteiger partial charge in [-0.05, 0) is 31.0 Å². The average Bonchev–Trinajstić information content (AvgIpc) is 3.27. The van der Waals surface area contributed by atoms with Crippen molar-refractivity contribution in [2.75, 3.05) is 52.4 Å². The van der Waals surface area contributed by atoms with Gasteiger partial charge in [0.1, 0.15) is 0 Å². The fourth-order valence-corrected chi connectivity index (χ4v) is 4.62. The third-order valence-electron chi connectivity index (χ3n) is 5.43. The Morgan fingerprint density at radius 2 is 1.55 bits per heavy atom. The quantitative estimate of drug-likeness (QED) is 0.674. The summed E-state index contributed by atoms with van der Waals surface area (Å²) >= 11 is 0.